The number of aromatic nitrogens is 1. The number of hydrogen-bond donors (Lipinski definition) is 1. The summed E-state index contributed by atoms with van der Waals surface area (Å²) in [6.07, 6.45) is -1.94. The summed E-state index contributed by atoms with van der Waals surface area (Å²) in [5.41, 5.74) is 1.59. The number of ether oxygens (including phenoxy) is 2. The van der Waals surface area contributed by atoms with Crippen molar-refractivity contribution in [1.29, 1.82) is 0 Å². The predicted molar refractivity (Wildman–Crippen MR) is 72.6 cm³/mol. The number of alkyl halides is 2. The fourth-order valence-electron chi connectivity index (χ4n) is 1.78. The molecule has 1 aliphatic heterocycles. The van der Waals surface area contributed by atoms with E-state index in [0.29, 0.717) is 11.5 Å². The van der Waals surface area contributed by atoms with Gasteiger partial charge in [-0.05, 0) is 46.6 Å². The van der Waals surface area contributed by atoms with Crippen molar-refractivity contribution in [2.45, 2.75) is 13.2 Å². The van der Waals surface area contributed by atoms with E-state index in [-0.39, 0.29) is 11.5 Å². The zero-order chi connectivity index (χ0) is 14.3. The molecule has 104 valence electrons. The zero-order valence-electron chi connectivity index (χ0n) is 10.3. The van der Waals surface area contributed by atoms with Crippen LogP contribution in [-0.2, 0) is 0 Å². The lowest BCUT2D eigenvalue weighted by Gasteiger charge is -2.07. The molecule has 0 fully saturated rings. The molecule has 0 aliphatic carbocycles. The monoisotopic (exact) mass is 342 g/mol. The van der Waals surface area contributed by atoms with Crippen molar-refractivity contribution in [2.75, 3.05) is 5.32 Å². The van der Waals surface area contributed by atoms with Crippen LogP contribution in [0.3, 0.4) is 0 Å². The van der Waals surface area contributed by atoms with Gasteiger partial charge in [0.25, 0.3) is 0 Å². The standard InChI is InChI=1S/C13H9BrF2N2O2/c1-7-4-12(17-6-9(7)14)18-8-2-3-10-11(5-8)20-13(15,16)19-10/h2-6H,1H3,(H,17,18). The largest absolute Gasteiger partial charge is 0.586 e. The Morgan fingerprint density at radius 3 is 2.70 bits per heavy atom. The topological polar surface area (TPSA) is 43.4 Å². The van der Waals surface area contributed by atoms with E-state index in [1.807, 2.05) is 13.0 Å². The van der Waals surface area contributed by atoms with E-state index in [9.17, 15) is 8.78 Å². The minimum absolute atomic E-state index is 0.00571. The molecule has 2 heterocycles. The molecule has 0 radical (unpaired) electrons. The molecule has 20 heavy (non-hydrogen) atoms. The molecule has 1 aliphatic rings. The maximum absolute atomic E-state index is 12.9. The molecule has 7 heteroatoms. The maximum Gasteiger partial charge on any atom is 0.586 e. The second kappa shape index (κ2) is 4.59. The van der Waals surface area contributed by atoms with Gasteiger partial charge in [-0.3, -0.25) is 0 Å². The van der Waals surface area contributed by atoms with Crippen LogP contribution in [0.25, 0.3) is 0 Å². The van der Waals surface area contributed by atoms with E-state index < -0.39 is 6.29 Å². The number of hydrogen-bond acceptors (Lipinski definition) is 4. The third-order valence-electron chi connectivity index (χ3n) is 2.72. The second-order valence-electron chi connectivity index (χ2n) is 4.27. The second-order valence-corrected chi connectivity index (χ2v) is 5.13. The normalized spacial score (nSPS) is 15.2. The van der Waals surface area contributed by atoms with Gasteiger partial charge < -0.3 is 14.8 Å². The van der Waals surface area contributed by atoms with Gasteiger partial charge in [0.15, 0.2) is 11.5 Å². The number of halogens is 3. The molecule has 1 aromatic carbocycles. The molecule has 0 saturated carbocycles. The van der Waals surface area contributed by atoms with Gasteiger partial charge in [-0.15, -0.1) is 8.78 Å². The Hall–Kier alpha value is -1.89. The number of pyridine rings is 1. The van der Waals surface area contributed by atoms with Crippen LogP contribution in [0.15, 0.2) is 34.9 Å². The van der Waals surface area contributed by atoms with Crippen molar-refractivity contribution < 1.29 is 18.3 Å². The number of nitrogens with zero attached hydrogens (tertiary/aromatic N) is 1. The van der Waals surface area contributed by atoms with E-state index in [4.69, 9.17) is 0 Å². The predicted octanol–water partition coefficient (Wildman–Crippen LogP) is 4.22. The molecule has 0 amide bonds. The SMILES string of the molecule is Cc1cc(Nc2ccc3c(c2)OC(F)(F)O3)ncc1Br. The summed E-state index contributed by atoms with van der Waals surface area (Å²) in [5.74, 6) is 0.616. The first-order valence-electron chi connectivity index (χ1n) is 5.72. The first kappa shape index (κ1) is 13.1. The summed E-state index contributed by atoms with van der Waals surface area (Å²) < 4.78 is 35.4. The highest BCUT2D eigenvalue weighted by Gasteiger charge is 2.43. The van der Waals surface area contributed by atoms with Crippen molar-refractivity contribution in [1.82, 2.24) is 4.98 Å². The number of rotatable bonds is 2. The van der Waals surface area contributed by atoms with Crippen LogP contribution in [-0.4, -0.2) is 11.3 Å². The van der Waals surface area contributed by atoms with Crippen molar-refractivity contribution in [3.8, 4) is 11.5 Å². The molecule has 0 atom stereocenters. The van der Waals surface area contributed by atoms with Crippen LogP contribution in [0.1, 0.15) is 5.56 Å². The van der Waals surface area contributed by atoms with E-state index in [0.717, 1.165) is 10.0 Å². The Balaban J connectivity index is 1.84. The molecule has 3 rings (SSSR count). The number of benzene rings is 1. The van der Waals surface area contributed by atoms with E-state index in [1.165, 1.54) is 12.1 Å². The lowest BCUT2D eigenvalue weighted by molar-refractivity contribution is -0.286. The van der Waals surface area contributed by atoms with Gasteiger partial charge in [0.1, 0.15) is 5.82 Å². The summed E-state index contributed by atoms with van der Waals surface area (Å²) in [7, 11) is 0. The van der Waals surface area contributed by atoms with Crippen molar-refractivity contribution >= 4 is 27.4 Å². The van der Waals surface area contributed by atoms with Crippen molar-refractivity contribution in [3.63, 3.8) is 0 Å². The Morgan fingerprint density at radius 1 is 1.20 bits per heavy atom. The van der Waals surface area contributed by atoms with Gasteiger partial charge in [0.2, 0.25) is 0 Å². The molecule has 1 aromatic heterocycles. The molecular formula is C13H9BrF2N2O2. The molecular weight excluding hydrogens is 334 g/mol. The third kappa shape index (κ3) is 2.53. The maximum atomic E-state index is 12.9. The first-order chi connectivity index (χ1) is 9.43. The van der Waals surface area contributed by atoms with Crippen LogP contribution in [0.4, 0.5) is 20.3 Å². The number of aryl methyl sites for hydroxylation is 1. The fraction of sp³-hybridized carbons (Fsp3) is 0.154. The van der Waals surface area contributed by atoms with Crippen molar-refractivity contribution in [3.05, 3.63) is 40.5 Å². The molecule has 0 spiro atoms. The van der Waals surface area contributed by atoms with Crippen LogP contribution in [0.5, 0.6) is 11.5 Å². The Bertz CT molecular complexity index is 679. The smallest absolute Gasteiger partial charge is 0.395 e. The zero-order valence-corrected chi connectivity index (χ0v) is 11.9. The number of anilines is 2. The summed E-state index contributed by atoms with van der Waals surface area (Å²) in [6, 6.07) is 6.31. The number of nitrogens with one attached hydrogen (secondary N) is 1. The lowest BCUT2D eigenvalue weighted by Crippen LogP contribution is -2.25. The van der Waals surface area contributed by atoms with Crippen LogP contribution >= 0.6 is 15.9 Å². The highest BCUT2D eigenvalue weighted by Crippen LogP contribution is 2.42. The first-order valence-corrected chi connectivity index (χ1v) is 6.51. The van der Waals surface area contributed by atoms with Gasteiger partial charge in [-0.25, -0.2) is 4.98 Å². The highest BCUT2D eigenvalue weighted by atomic mass is 79.9. The minimum atomic E-state index is -3.60. The van der Waals surface area contributed by atoms with Gasteiger partial charge in [-0.2, -0.15) is 0 Å². The minimum Gasteiger partial charge on any atom is -0.395 e. The molecule has 0 bridgehead atoms. The van der Waals surface area contributed by atoms with Crippen molar-refractivity contribution in [2.24, 2.45) is 0 Å². The van der Waals surface area contributed by atoms with Gasteiger partial charge in [-0.1, -0.05) is 0 Å². The molecule has 0 saturated heterocycles. The average molecular weight is 343 g/mol. The van der Waals surface area contributed by atoms with E-state index in [1.54, 1.807) is 12.3 Å². The fourth-order valence-corrected chi connectivity index (χ4v) is 2.00. The van der Waals surface area contributed by atoms with Crippen LogP contribution in [0.2, 0.25) is 0 Å². The third-order valence-corrected chi connectivity index (χ3v) is 3.55. The van der Waals surface area contributed by atoms with Crippen LogP contribution in [0, 0.1) is 6.92 Å². The molecule has 4 nitrogen and oxygen atoms in total. The quantitative estimate of drug-likeness (QED) is 0.887. The van der Waals surface area contributed by atoms with Crippen LogP contribution < -0.4 is 14.8 Å². The molecule has 0 unspecified atom stereocenters. The lowest BCUT2D eigenvalue weighted by atomic mass is 10.2. The Labute approximate surface area is 121 Å². The van der Waals surface area contributed by atoms with Gasteiger partial charge in [0.05, 0.1) is 0 Å². The van der Waals surface area contributed by atoms with Gasteiger partial charge >= 0.3 is 6.29 Å². The Morgan fingerprint density at radius 2 is 1.95 bits per heavy atom. The number of fused-ring (bicyclic) bond motifs is 1. The van der Waals surface area contributed by atoms with E-state index in [2.05, 4.69) is 35.7 Å². The summed E-state index contributed by atoms with van der Waals surface area (Å²) in [4.78, 5) is 4.18. The highest BCUT2D eigenvalue weighted by molar-refractivity contribution is 9.10. The van der Waals surface area contributed by atoms with Gasteiger partial charge in [0, 0.05) is 22.4 Å². The average Bonchev–Trinajstić information content (AvgIpc) is 2.67. The molecule has 2 aromatic rings. The summed E-state index contributed by atoms with van der Waals surface area (Å²) in [6.45, 7) is 1.93. The van der Waals surface area contributed by atoms with E-state index >= 15 is 0 Å². The Kier molecular flexibility index (Phi) is 3.01. The molecule has 1 N–H and O–H groups in total. The summed E-state index contributed by atoms with van der Waals surface area (Å²) in [5, 5.41) is 3.02. The summed E-state index contributed by atoms with van der Waals surface area (Å²) >= 11 is 3.36.